The van der Waals surface area contributed by atoms with Gasteiger partial charge >= 0.3 is 0 Å². The first kappa shape index (κ1) is 41.4. The lowest BCUT2D eigenvalue weighted by Gasteiger charge is -2.41. The highest BCUT2D eigenvalue weighted by atomic mass is 32.2. The van der Waals surface area contributed by atoms with Gasteiger partial charge in [-0.3, -0.25) is 19.4 Å². The van der Waals surface area contributed by atoms with Crippen LogP contribution >= 0.6 is 0 Å². The molecule has 16 heteroatoms. The Kier molecular flexibility index (Phi) is 12.7. The van der Waals surface area contributed by atoms with E-state index in [4.69, 9.17) is 9.57 Å². The van der Waals surface area contributed by atoms with Gasteiger partial charge in [-0.15, -0.1) is 0 Å². The zero-order valence-corrected chi connectivity index (χ0v) is 32.4. The highest BCUT2D eigenvalue weighted by Crippen LogP contribution is 2.37. The maximum absolute atomic E-state index is 14.8. The zero-order chi connectivity index (χ0) is 41.7. The van der Waals surface area contributed by atoms with Crippen LogP contribution < -0.4 is 15.1 Å². The van der Waals surface area contributed by atoms with Gasteiger partial charge in [-0.1, -0.05) is 86.0 Å². The van der Waals surface area contributed by atoms with Crippen LogP contribution in [0.4, 0.5) is 27.6 Å². The van der Waals surface area contributed by atoms with Gasteiger partial charge in [0.25, 0.3) is 5.91 Å². The summed E-state index contributed by atoms with van der Waals surface area (Å²) >= 11 is 0. The molecule has 5 aromatic rings. The quantitative estimate of drug-likeness (QED) is 0.0518. The van der Waals surface area contributed by atoms with Gasteiger partial charge in [-0.25, -0.2) is 35.8 Å². The molecule has 1 N–H and O–H groups in total. The van der Waals surface area contributed by atoms with Crippen LogP contribution in [-0.2, 0) is 39.4 Å². The summed E-state index contributed by atoms with van der Waals surface area (Å²) in [5, 5.41) is 0. The van der Waals surface area contributed by atoms with Crippen LogP contribution in [0.2, 0.25) is 0 Å². The second-order valence-corrected chi connectivity index (χ2v) is 16.1. The van der Waals surface area contributed by atoms with E-state index < -0.39 is 68.4 Å². The number of rotatable bonds is 14. The van der Waals surface area contributed by atoms with Gasteiger partial charge < -0.3 is 9.64 Å². The van der Waals surface area contributed by atoms with Crippen molar-refractivity contribution in [2.24, 2.45) is 0 Å². The van der Waals surface area contributed by atoms with E-state index in [1.54, 1.807) is 36.5 Å². The van der Waals surface area contributed by atoms with Crippen molar-refractivity contribution in [1.29, 1.82) is 0 Å². The molecule has 7 rings (SSSR count). The lowest BCUT2D eigenvalue weighted by Crippen LogP contribution is -2.59. The number of aromatic nitrogens is 1. The number of hydrogen-bond donors (Lipinski definition) is 1. The zero-order valence-electron chi connectivity index (χ0n) is 31.6. The molecule has 0 bridgehead atoms. The molecule has 1 aliphatic heterocycles. The number of ether oxygens (including phenoxy) is 1. The molecule has 4 aromatic carbocycles. The first-order chi connectivity index (χ1) is 28.4. The molecule has 0 spiro atoms. The van der Waals surface area contributed by atoms with Crippen LogP contribution in [0.15, 0.2) is 102 Å². The Bertz CT molecular complexity index is 2390. The summed E-state index contributed by atoms with van der Waals surface area (Å²) in [5.74, 6) is -13.7. The van der Waals surface area contributed by atoms with Crippen molar-refractivity contribution in [2.75, 3.05) is 11.4 Å². The van der Waals surface area contributed by atoms with Crippen molar-refractivity contribution >= 4 is 27.5 Å². The molecule has 0 radical (unpaired) electrons. The van der Waals surface area contributed by atoms with Crippen LogP contribution in [0.25, 0.3) is 0 Å². The standard InChI is InChI=1S/C43H39F5N4O6S/c44-36-37(45)39(47)41(40(48)38(36)46)59(55,56)52-21-20-34(52)43(54)51(24-31-17-16-30(23-49-31)29-14-8-3-9-15-29)32-18-19-33(35(22-32)57-25-27-10-4-1-5-11-27)42(53)50-58-26-28-12-6-2-7-13-28/h1-2,4-7,10-13,16-19,22-23,29,34H,3,8-9,14-15,20-21,24-26H2,(H,50,53). The summed E-state index contributed by atoms with van der Waals surface area (Å²) in [6.45, 7) is -0.621. The number of hydrogen-bond acceptors (Lipinski definition) is 7. The predicted molar refractivity (Wildman–Crippen MR) is 206 cm³/mol. The molecule has 1 saturated heterocycles. The minimum Gasteiger partial charge on any atom is -0.488 e. The number of benzene rings is 4. The number of sulfonamides is 1. The third-order valence-corrected chi connectivity index (χ3v) is 12.4. The van der Waals surface area contributed by atoms with E-state index in [-0.39, 0.29) is 43.2 Å². The Balaban J connectivity index is 1.23. The summed E-state index contributed by atoms with van der Waals surface area (Å²) in [4.78, 5) is 37.2. The minimum atomic E-state index is -5.44. The largest absolute Gasteiger partial charge is 0.488 e. The highest BCUT2D eigenvalue weighted by molar-refractivity contribution is 7.89. The molecule has 59 heavy (non-hydrogen) atoms. The number of nitrogens with zero attached hydrogens (tertiary/aromatic N) is 3. The molecule has 1 aliphatic carbocycles. The van der Waals surface area contributed by atoms with E-state index in [0.717, 1.165) is 48.8 Å². The molecule has 1 atom stereocenters. The molecule has 1 aromatic heterocycles. The van der Waals surface area contributed by atoms with Crippen LogP contribution in [0.5, 0.6) is 5.75 Å². The van der Waals surface area contributed by atoms with Gasteiger partial charge in [0.15, 0.2) is 28.2 Å². The molecule has 2 fully saturated rings. The summed E-state index contributed by atoms with van der Waals surface area (Å²) in [5.41, 5.74) is 5.54. The number of carbonyl (C=O) groups excluding carboxylic acids is 2. The summed E-state index contributed by atoms with van der Waals surface area (Å²) in [6, 6.07) is 24.4. The Morgan fingerprint density at radius 3 is 1.98 bits per heavy atom. The topological polar surface area (TPSA) is 118 Å². The molecular formula is C43H39F5N4O6S. The number of carbonyl (C=O) groups is 2. The van der Waals surface area contributed by atoms with Crippen molar-refractivity contribution in [3.8, 4) is 5.75 Å². The third-order valence-electron chi connectivity index (χ3n) is 10.5. The molecule has 1 saturated carbocycles. The summed E-state index contributed by atoms with van der Waals surface area (Å²) in [7, 11) is -5.44. The lowest BCUT2D eigenvalue weighted by atomic mass is 9.85. The Hall–Kier alpha value is -5.71. The smallest absolute Gasteiger partial charge is 0.278 e. The minimum absolute atomic E-state index is 0.00411. The summed E-state index contributed by atoms with van der Waals surface area (Å²) < 4.78 is 106. The fourth-order valence-corrected chi connectivity index (χ4v) is 8.95. The van der Waals surface area contributed by atoms with Crippen LogP contribution in [0, 0.1) is 29.1 Å². The van der Waals surface area contributed by atoms with Gasteiger partial charge in [0.2, 0.25) is 21.7 Å². The van der Waals surface area contributed by atoms with Crippen LogP contribution in [0.3, 0.4) is 0 Å². The molecular weight excluding hydrogens is 796 g/mol. The number of nitrogens with one attached hydrogen (secondary N) is 1. The van der Waals surface area contributed by atoms with Gasteiger partial charge in [0, 0.05) is 24.5 Å². The first-order valence-electron chi connectivity index (χ1n) is 19.0. The van der Waals surface area contributed by atoms with Gasteiger partial charge in [0.05, 0.1) is 24.4 Å². The maximum Gasteiger partial charge on any atom is 0.278 e. The fraction of sp³-hybridized carbons (Fsp3) is 0.279. The highest BCUT2D eigenvalue weighted by Gasteiger charge is 2.48. The SMILES string of the molecule is O=C(NOCc1ccccc1)c1ccc(N(Cc2ccc(C3CCCCC3)cn2)C(=O)C2CCN2S(=O)(=O)c2c(F)c(F)c(F)c(F)c2F)cc1OCc1ccccc1. The number of hydroxylamine groups is 1. The second-order valence-electron chi connectivity index (χ2n) is 14.3. The van der Waals surface area contributed by atoms with Crippen molar-refractivity contribution in [3.05, 3.63) is 154 Å². The van der Waals surface area contributed by atoms with Gasteiger partial charge in [0.1, 0.15) is 18.4 Å². The van der Waals surface area contributed by atoms with E-state index in [9.17, 15) is 40.0 Å². The van der Waals surface area contributed by atoms with Crippen LogP contribution in [-0.4, -0.2) is 42.1 Å². The molecule has 2 aliphatic rings. The normalized spacial score (nSPS) is 16.0. The Labute approximate surface area is 337 Å². The molecule has 10 nitrogen and oxygen atoms in total. The number of pyridine rings is 1. The maximum atomic E-state index is 14.8. The van der Waals surface area contributed by atoms with Crippen molar-refractivity contribution in [2.45, 2.75) is 75.1 Å². The number of anilines is 1. The Morgan fingerprint density at radius 1 is 0.763 bits per heavy atom. The van der Waals surface area contributed by atoms with E-state index in [1.165, 1.54) is 23.1 Å². The number of halogens is 5. The van der Waals surface area contributed by atoms with Crippen molar-refractivity contribution in [1.82, 2.24) is 14.8 Å². The molecule has 2 amide bonds. The third kappa shape index (κ3) is 8.99. The van der Waals surface area contributed by atoms with Crippen LogP contribution in [0.1, 0.15) is 77.2 Å². The van der Waals surface area contributed by atoms with E-state index in [2.05, 4.69) is 10.5 Å². The first-order valence-corrected chi connectivity index (χ1v) is 20.4. The van der Waals surface area contributed by atoms with Crippen molar-refractivity contribution in [3.63, 3.8) is 0 Å². The lowest BCUT2D eigenvalue weighted by molar-refractivity contribution is -0.125. The van der Waals surface area contributed by atoms with E-state index in [0.29, 0.717) is 15.9 Å². The average Bonchev–Trinajstić information content (AvgIpc) is 3.24. The average molecular weight is 835 g/mol. The van der Waals surface area contributed by atoms with Gasteiger partial charge in [-0.05, 0) is 60.1 Å². The summed E-state index contributed by atoms with van der Waals surface area (Å²) in [6.07, 6.45) is 6.98. The predicted octanol–water partition coefficient (Wildman–Crippen LogP) is 8.26. The molecule has 2 heterocycles. The monoisotopic (exact) mass is 834 g/mol. The number of amides is 2. The fourth-order valence-electron chi connectivity index (χ4n) is 7.21. The van der Waals surface area contributed by atoms with Crippen molar-refractivity contribution < 1.29 is 49.5 Å². The Morgan fingerprint density at radius 2 is 1.39 bits per heavy atom. The molecule has 1 unspecified atom stereocenters. The van der Waals surface area contributed by atoms with Gasteiger partial charge in [-0.2, -0.15) is 4.31 Å². The van der Waals surface area contributed by atoms with E-state index >= 15 is 0 Å². The molecule has 308 valence electrons. The second kappa shape index (κ2) is 18.1. The van der Waals surface area contributed by atoms with E-state index in [1.807, 2.05) is 42.5 Å².